The normalized spacial score (nSPS) is 33.7. The molecule has 3 aliphatic carbocycles. The van der Waals surface area contributed by atoms with Crippen LogP contribution in [0.1, 0.15) is 43.2 Å². The van der Waals surface area contributed by atoms with E-state index in [0.29, 0.717) is 0 Å². The molecule has 0 aliphatic heterocycles. The third-order valence-electron chi connectivity index (χ3n) is 6.77. The molecule has 0 heterocycles. The van der Waals surface area contributed by atoms with Crippen LogP contribution in [0.5, 0.6) is 11.5 Å². The number of fused-ring (bicyclic) bond motifs is 5. The Morgan fingerprint density at radius 2 is 1.67 bits per heavy atom. The maximum absolute atomic E-state index is 6.35. The first-order valence-corrected chi connectivity index (χ1v) is 11.4. The summed E-state index contributed by atoms with van der Waals surface area (Å²) in [5.74, 6) is 6.74. The summed E-state index contributed by atoms with van der Waals surface area (Å²) in [4.78, 5) is 0. The molecule has 1 aromatic carbocycles. The molecule has 2 nitrogen and oxygen atoms in total. The first-order chi connectivity index (χ1) is 11.7. The summed E-state index contributed by atoms with van der Waals surface area (Å²) >= 11 is 7.15. The van der Waals surface area contributed by atoms with Crippen molar-refractivity contribution in [1.82, 2.24) is 0 Å². The lowest BCUT2D eigenvalue weighted by Crippen LogP contribution is -2.28. The molecule has 4 rings (SSSR count). The number of hydrogen-bond acceptors (Lipinski definition) is 2. The van der Waals surface area contributed by atoms with Gasteiger partial charge in [0, 0.05) is 21.8 Å². The van der Waals surface area contributed by atoms with E-state index >= 15 is 0 Å². The van der Waals surface area contributed by atoms with E-state index < -0.39 is 0 Å². The Labute approximate surface area is 161 Å². The minimum absolute atomic E-state index is 0.770. The average Bonchev–Trinajstić information content (AvgIpc) is 3.31. The lowest BCUT2D eigenvalue weighted by Gasteiger charge is -2.31. The van der Waals surface area contributed by atoms with Gasteiger partial charge < -0.3 is 9.47 Å². The van der Waals surface area contributed by atoms with Gasteiger partial charge in [0.05, 0.1) is 13.7 Å². The van der Waals surface area contributed by atoms with Crippen LogP contribution in [0.2, 0.25) is 0 Å². The fourth-order valence-electron chi connectivity index (χ4n) is 5.78. The molecule has 0 N–H and O–H groups in total. The second kappa shape index (κ2) is 7.19. The summed E-state index contributed by atoms with van der Waals surface area (Å²) in [5, 5.41) is 1.58. The molecule has 5 atom stereocenters. The second-order valence-electron chi connectivity index (χ2n) is 7.76. The van der Waals surface area contributed by atoms with Crippen molar-refractivity contribution in [2.24, 2.45) is 29.6 Å². The van der Waals surface area contributed by atoms with Crippen LogP contribution in [0.25, 0.3) is 0 Å². The molecule has 1 aromatic rings. The summed E-state index contributed by atoms with van der Waals surface area (Å²) < 4.78 is 11.8. The highest BCUT2D eigenvalue weighted by Gasteiger charge is 2.53. The van der Waals surface area contributed by atoms with Gasteiger partial charge in [0.1, 0.15) is 11.5 Å². The molecule has 3 aliphatic rings. The highest BCUT2D eigenvalue weighted by molar-refractivity contribution is 9.08. The highest BCUT2D eigenvalue weighted by atomic mass is 79.9. The molecule has 24 heavy (non-hydrogen) atoms. The topological polar surface area (TPSA) is 18.5 Å². The van der Waals surface area contributed by atoms with Gasteiger partial charge in [-0.05, 0) is 67.4 Å². The smallest absolute Gasteiger partial charge is 0.123 e. The molecule has 0 aromatic heterocycles. The summed E-state index contributed by atoms with van der Waals surface area (Å²) in [6, 6.07) is 4.25. The number of halogens is 2. The molecule has 3 saturated carbocycles. The number of hydrogen-bond donors (Lipinski definition) is 0. The molecule has 5 unspecified atom stereocenters. The molecule has 3 fully saturated rings. The van der Waals surface area contributed by atoms with Crippen molar-refractivity contribution in [2.45, 2.75) is 42.8 Å². The van der Waals surface area contributed by atoms with E-state index in [2.05, 4.69) is 44.0 Å². The quantitative estimate of drug-likeness (QED) is 0.492. The fourth-order valence-corrected chi connectivity index (χ4v) is 6.65. The molecule has 0 saturated heterocycles. The third-order valence-corrected chi connectivity index (χ3v) is 7.98. The summed E-state index contributed by atoms with van der Waals surface area (Å²) in [5.41, 5.74) is 2.33. The highest BCUT2D eigenvalue weighted by Crippen LogP contribution is 2.60. The zero-order valence-corrected chi connectivity index (χ0v) is 17.4. The van der Waals surface area contributed by atoms with Crippen LogP contribution < -0.4 is 9.47 Å². The standard InChI is InChI=1S/C20H26Br2O2/c1-23-19-7-14(10-22)20(8-13(19)9-21)24-11-15-5-12-6-18(15)17-4-2-3-16(12)17/h7-8,12,15-18H,2-6,9-11H2,1H3. The molecular weight excluding hydrogens is 432 g/mol. The first-order valence-electron chi connectivity index (χ1n) is 9.19. The Kier molecular flexibility index (Phi) is 5.15. The van der Waals surface area contributed by atoms with E-state index in [1.807, 2.05) is 0 Å². The Bertz CT molecular complexity index is 604. The van der Waals surface area contributed by atoms with E-state index in [1.54, 1.807) is 7.11 Å². The maximum atomic E-state index is 6.35. The van der Waals surface area contributed by atoms with Gasteiger partial charge in [-0.1, -0.05) is 38.3 Å². The predicted octanol–water partition coefficient (Wildman–Crippen LogP) is 5.94. The van der Waals surface area contributed by atoms with Gasteiger partial charge in [0.15, 0.2) is 0 Å². The number of alkyl halides is 2. The van der Waals surface area contributed by atoms with Crippen LogP contribution in [-0.4, -0.2) is 13.7 Å². The number of rotatable bonds is 6. The Balaban J connectivity index is 1.46. The number of benzene rings is 1. The van der Waals surface area contributed by atoms with Crippen LogP contribution in [0.15, 0.2) is 12.1 Å². The van der Waals surface area contributed by atoms with Crippen LogP contribution >= 0.6 is 31.9 Å². The molecule has 132 valence electrons. The van der Waals surface area contributed by atoms with Crippen LogP contribution in [0, 0.1) is 29.6 Å². The minimum atomic E-state index is 0.770. The van der Waals surface area contributed by atoms with Gasteiger partial charge in [0.25, 0.3) is 0 Å². The SMILES string of the molecule is COc1cc(CBr)c(OCC2CC3CC2C2CCCC32)cc1CBr. The minimum Gasteiger partial charge on any atom is -0.496 e. The number of ether oxygens (including phenoxy) is 2. The van der Waals surface area contributed by atoms with Gasteiger partial charge in [-0.15, -0.1) is 0 Å². The van der Waals surface area contributed by atoms with E-state index in [0.717, 1.165) is 63.9 Å². The monoisotopic (exact) mass is 456 g/mol. The van der Waals surface area contributed by atoms with Crippen molar-refractivity contribution in [3.8, 4) is 11.5 Å². The molecule has 0 radical (unpaired) electrons. The third kappa shape index (κ3) is 2.92. The van der Waals surface area contributed by atoms with E-state index in [4.69, 9.17) is 9.47 Å². The summed E-state index contributed by atoms with van der Waals surface area (Å²) in [7, 11) is 1.73. The number of methoxy groups -OCH3 is 1. The summed E-state index contributed by atoms with van der Waals surface area (Å²) in [6.45, 7) is 0.887. The fraction of sp³-hybridized carbons (Fsp3) is 0.700. The zero-order valence-electron chi connectivity index (χ0n) is 14.3. The van der Waals surface area contributed by atoms with Gasteiger partial charge in [-0.3, -0.25) is 0 Å². The van der Waals surface area contributed by atoms with Gasteiger partial charge in [-0.2, -0.15) is 0 Å². The van der Waals surface area contributed by atoms with Gasteiger partial charge in [0.2, 0.25) is 0 Å². The van der Waals surface area contributed by atoms with Crippen molar-refractivity contribution in [1.29, 1.82) is 0 Å². The van der Waals surface area contributed by atoms with Gasteiger partial charge >= 0.3 is 0 Å². The van der Waals surface area contributed by atoms with Crippen molar-refractivity contribution < 1.29 is 9.47 Å². The van der Waals surface area contributed by atoms with E-state index in [1.165, 1.54) is 37.7 Å². The molecular formula is C20H26Br2O2. The molecule has 0 amide bonds. The van der Waals surface area contributed by atoms with Crippen LogP contribution in [0.3, 0.4) is 0 Å². The van der Waals surface area contributed by atoms with Crippen molar-refractivity contribution in [2.75, 3.05) is 13.7 Å². The van der Waals surface area contributed by atoms with Crippen molar-refractivity contribution in [3.63, 3.8) is 0 Å². The molecule has 4 heteroatoms. The largest absolute Gasteiger partial charge is 0.496 e. The van der Waals surface area contributed by atoms with Crippen molar-refractivity contribution in [3.05, 3.63) is 23.3 Å². The molecule has 2 bridgehead atoms. The van der Waals surface area contributed by atoms with E-state index in [-0.39, 0.29) is 0 Å². The Morgan fingerprint density at radius 1 is 0.958 bits per heavy atom. The average molecular weight is 458 g/mol. The van der Waals surface area contributed by atoms with Gasteiger partial charge in [-0.25, -0.2) is 0 Å². The second-order valence-corrected chi connectivity index (χ2v) is 8.89. The first kappa shape index (κ1) is 17.2. The van der Waals surface area contributed by atoms with Crippen LogP contribution in [0.4, 0.5) is 0 Å². The molecule has 0 spiro atoms. The predicted molar refractivity (Wildman–Crippen MR) is 104 cm³/mol. The Morgan fingerprint density at radius 3 is 2.42 bits per heavy atom. The lowest BCUT2D eigenvalue weighted by atomic mass is 9.76. The zero-order chi connectivity index (χ0) is 16.7. The van der Waals surface area contributed by atoms with Crippen molar-refractivity contribution >= 4 is 31.9 Å². The van der Waals surface area contributed by atoms with E-state index in [9.17, 15) is 0 Å². The lowest BCUT2D eigenvalue weighted by molar-refractivity contribution is 0.132. The summed E-state index contributed by atoms with van der Waals surface area (Å²) in [6.07, 6.45) is 7.32. The van der Waals surface area contributed by atoms with Crippen LogP contribution in [-0.2, 0) is 10.7 Å². The maximum Gasteiger partial charge on any atom is 0.123 e. The Hall–Kier alpha value is -0.220.